The van der Waals surface area contributed by atoms with Crippen LogP contribution in [0.3, 0.4) is 0 Å². The first-order valence-electron chi connectivity index (χ1n) is 7.33. The Bertz CT molecular complexity index is 454. The Morgan fingerprint density at radius 1 is 1.10 bits per heavy atom. The lowest BCUT2D eigenvalue weighted by molar-refractivity contribution is -0.00461. The maximum atomic E-state index is 5.56. The summed E-state index contributed by atoms with van der Waals surface area (Å²) in [5.74, 6) is 0. The molecular weight excluding hydrogens is 252 g/mol. The van der Waals surface area contributed by atoms with E-state index in [1.54, 1.807) is 14.2 Å². The Morgan fingerprint density at radius 2 is 1.75 bits per heavy atom. The molecule has 2 aliphatic rings. The van der Waals surface area contributed by atoms with Crippen LogP contribution in [-0.2, 0) is 15.9 Å². The highest BCUT2D eigenvalue weighted by Crippen LogP contribution is 2.36. The van der Waals surface area contributed by atoms with Crippen LogP contribution in [0.5, 0.6) is 0 Å². The van der Waals surface area contributed by atoms with Crippen molar-refractivity contribution < 1.29 is 9.47 Å². The second kappa shape index (κ2) is 5.82. The standard InChI is InChI=1S/C16H24N2O2/c1-17-16-12-7-5-4-6-11(12)8-13(16)18-9-14(19-2)15(10-18)20-3/h4-7,13-17H,8-10H2,1-3H3. The molecule has 1 fully saturated rings. The third-order valence-electron chi connectivity index (χ3n) is 4.83. The Labute approximate surface area is 121 Å². The summed E-state index contributed by atoms with van der Waals surface area (Å²) in [7, 11) is 5.61. The fraction of sp³-hybridized carbons (Fsp3) is 0.625. The van der Waals surface area contributed by atoms with Crippen molar-refractivity contribution in [2.24, 2.45) is 0 Å². The van der Waals surface area contributed by atoms with E-state index in [1.165, 1.54) is 11.1 Å². The molecule has 0 aromatic heterocycles. The van der Waals surface area contributed by atoms with E-state index in [0.717, 1.165) is 19.5 Å². The Kier molecular flexibility index (Phi) is 4.08. The molecular formula is C16H24N2O2. The van der Waals surface area contributed by atoms with Gasteiger partial charge in [0.15, 0.2) is 0 Å². The van der Waals surface area contributed by atoms with Gasteiger partial charge in [0.25, 0.3) is 0 Å². The van der Waals surface area contributed by atoms with Crippen LogP contribution in [0, 0.1) is 0 Å². The van der Waals surface area contributed by atoms with Gasteiger partial charge >= 0.3 is 0 Å². The minimum absolute atomic E-state index is 0.182. The topological polar surface area (TPSA) is 33.7 Å². The number of ether oxygens (including phenoxy) is 2. The van der Waals surface area contributed by atoms with Crippen molar-refractivity contribution in [2.75, 3.05) is 34.4 Å². The van der Waals surface area contributed by atoms with E-state index in [4.69, 9.17) is 9.47 Å². The zero-order valence-electron chi connectivity index (χ0n) is 12.5. The second-order valence-corrected chi connectivity index (χ2v) is 5.74. The second-order valence-electron chi connectivity index (χ2n) is 5.74. The number of methoxy groups -OCH3 is 2. The number of benzene rings is 1. The fourth-order valence-electron chi connectivity index (χ4n) is 3.76. The first-order chi connectivity index (χ1) is 9.78. The number of hydrogen-bond acceptors (Lipinski definition) is 4. The summed E-state index contributed by atoms with van der Waals surface area (Å²) in [6.07, 6.45) is 1.47. The molecule has 4 heteroatoms. The molecule has 1 aliphatic carbocycles. The van der Waals surface area contributed by atoms with Crippen LogP contribution >= 0.6 is 0 Å². The smallest absolute Gasteiger partial charge is 0.0971 e. The summed E-state index contributed by atoms with van der Waals surface area (Å²) in [6, 6.07) is 9.65. The molecule has 4 atom stereocenters. The number of nitrogens with zero attached hydrogens (tertiary/aromatic N) is 1. The van der Waals surface area contributed by atoms with Crippen molar-refractivity contribution in [2.45, 2.75) is 30.7 Å². The van der Waals surface area contributed by atoms with E-state index >= 15 is 0 Å². The van der Waals surface area contributed by atoms with Crippen LogP contribution in [0.15, 0.2) is 24.3 Å². The third kappa shape index (κ3) is 2.27. The lowest BCUT2D eigenvalue weighted by atomic mass is 10.1. The maximum absolute atomic E-state index is 5.56. The Morgan fingerprint density at radius 3 is 2.35 bits per heavy atom. The van der Waals surface area contributed by atoms with E-state index in [0.29, 0.717) is 12.1 Å². The van der Waals surface area contributed by atoms with Crippen LogP contribution < -0.4 is 5.32 Å². The van der Waals surface area contributed by atoms with Gasteiger partial charge in [0, 0.05) is 39.4 Å². The van der Waals surface area contributed by atoms with E-state index < -0.39 is 0 Å². The molecule has 1 aliphatic heterocycles. The van der Waals surface area contributed by atoms with Gasteiger partial charge in [0.05, 0.1) is 12.2 Å². The summed E-state index contributed by atoms with van der Waals surface area (Å²) in [4.78, 5) is 2.52. The van der Waals surface area contributed by atoms with Gasteiger partial charge in [-0.15, -0.1) is 0 Å². The molecule has 4 unspecified atom stereocenters. The predicted molar refractivity (Wildman–Crippen MR) is 78.9 cm³/mol. The molecule has 1 heterocycles. The van der Waals surface area contributed by atoms with Gasteiger partial charge in [-0.1, -0.05) is 24.3 Å². The SMILES string of the molecule is CNC1c2ccccc2CC1N1CC(OC)C(OC)C1. The zero-order chi connectivity index (χ0) is 14.1. The molecule has 1 aromatic carbocycles. The summed E-state index contributed by atoms with van der Waals surface area (Å²) >= 11 is 0. The number of fused-ring (bicyclic) bond motifs is 1. The molecule has 0 saturated carbocycles. The lowest BCUT2D eigenvalue weighted by Gasteiger charge is -2.29. The van der Waals surface area contributed by atoms with Crippen molar-refractivity contribution in [3.05, 3.63) is 35.4 Å². The van der Waals surface area contributed by atoms with Crippen LogP contribution in [0.4, 0.5) is 0 Å². The maximum Gasteiger partial charge on any atom is 0.0971 e. The third-order valence-corrected chi connectivity index (χ3v) is 4.83. The van der Waals surface area contributed by atoms with Gasteiger partial charge in [-0.05, 0) is 24.6 Å². The molecule has 0 bridgehead atoms. The lowest BCUT2D eigenvalue weighted by Crippen LogP contribution is -2.41. The number of likely N-dealkylation sites (tertiary alicyclic amines) is 1. The number of nitrogens with one attached hydrogen (secondary N) is 1. The Hall–Kier alpha value is -0.940. The van der Waals surface area contributed by atoms with Gasteiger partial charge in [-0.2, -0.15) is 0 Å². The quantitative estimate of drug-likeness (QED) is 0.896. The van der Waals surface area contributed by atoms with Crippen molar-refractivity contribution in [1.29, 1.82) is 0 Å². The van der Waals surface area contributed by atoms with E-state index in [2.05, 4.69) is 41.5 Å². The van der Waals surface area contributed by atoms with Crippen LogP contribution in [0.1, 0.15) is 17.2 Å². The van der Waals surface area contributed by atoms with E-state index in [-0.39, 0.29) is 12.2 Å². The molecule has 3 rings (SSSR count). The highest BCUT2D eigenvalue weighted by Gasteiger charge is 2.42. The summed E-state index contributed by atoms with van der Waals surface area (Å²) < 4.78 is 11.1. The van der Waals surface area contributed by atoms with Crippen molar-refractivity contribution >= 4 is 0 Å². The van der Waals surface area contributed by atoms with Crippen LogP contribution in [0.25, 0.3) is 0 Å². The van der Waals surface area contributed by atoms with Gasteiger partial charge in [-0.25, -0.2) is 0 Å². The average Bonchev–Trinajstić information content (AvgIpc) is 3.07. The average molecular weight is 276 g/mol. The van der Waals surface area contributed by atoms with Gasteiger partial charge in [0.1, 0.15) is 0 Å². The van der Waals surface area contributed by atoms with Crippen molar-refractivity contribution in [3.8, 4) is 0 Å². The molecule has 1 saturated heterocycles. The highest BCUT2D eigenvalue weighted by atomic mass is 16.5. The largest absolute Gasteiger partial charge is 0.377 e. The van der Waals surface area contributed by atoms with E-state index in [9.17, 15) is 0 Å². The first kappa shape index (κ1) is 14.0. The van der Waals surface area contributed by atoms with E-state index in [1.807, 2.05) is 0 Å². The number of rotatable bonds is 4. The Balaban J connectivity index is 1.79. The van der Waals surface area contributed by atoms with Gasteiger partial charge in [0.2, 0.25) is 0 Å². The van der Waals surface area contributed by atoms with Crippen LogP contribution in [-0.4, -0.2) is 57.5 Å². The van der Waals surface area contributed by atoms with Crippen molar-refractivity contribution in [1.82, 2.24) is 10.2 Å². The molecule has 0 radical (unpaired) electrons. The fourth-order valence-corrected chi connectivity index (χ4v) is 3.76. The van der Waals surface area contributed by atoms with Crippen LogP contribution in [0.2, 0.25) is 0 Å². The van der Waals surface area contributed by atoms with Gasteiger partial charge in [-0.3, -0.25) is 4.90 Å². The molecule has 1 N–H and O–H groups in total. The monoisotopic (exact) mass is 276 g/mol. The van der Waals surface area contributed by atoms with Gasteiger partial charge < -0.3 is 14.8 Å². The first-order valence-corrected chi connectivity index (χ1v) is 7.33. The molecule has 0 amide bonds. The minimum Gasteiger partial charge on any atom is -0.377 e. The molecule has 0 spiro atoms. The summed E-state index contributed by atoms with van der Waals surface area (Å²) in [5.41, 5.74) is 2.90. The highest BCUT2D eigenvalue weighted by molar-refractivity contribution is 5.37. The normalized spacial score (nSPS) is 33.5. The molecule has 4 nitrogen and oxygen atoms in total. The number of hydrogen-bond donors (Lipinski definition) is 1. The zero-order valence-corrected chi connectivity index (χ0v) is 12.5. The molecule has 1 aromatic rings. The minimum atomic E-state index is 0.182. The summed E-state index contributed by atoms with van der Waals surface area (Å²) in [5, 5.41) is 3.49. The molecule has 20 heavy (non-hydrogen) atoms. The molecule has 110 valence electrons. The van der Waals surface area contributed by atoms with Crippen molar-refractivity contribution in [3.63, 3.8) is 0 Å². The predicted octanol–water partition coefficient (Wildman–Crippen LogP) is 1.22. The number of likely N-dealkylation sites (N-methyl/N-ethyl adjacent to an activating group) is 1. The summed E-state index contributed by atoms with van der Waals surface area (Å²) in [6.45, 7) is 1.90.